The van der Waals surface area contributed by atoms with Gasteiger partial charge in [-0.2, -0.15) is 5.10 Å². The van der Waals surface area contributed by atoms with Gasteiger partial charge in [0.2, 0.25) is 5.95 Å². The van der Waals surface area contributed by atoms with Crippen molar-refractivity contribution >= 4 is 23.4 Å². The number of fused-ring (bicyclic) bond motifs is 2. The number of piperidine rings is 1. The van der Waals surface area contributed by atoms with Crippen molar-refractivity contribution in [3.05, 3.63) is 95.3 Å². The van der Waals surface area contributed by atoms with E-state index in [9.17, 15) is 4.79 Å². The van der Waals surface area contributed by atoms with Gasteiger partial charge in [-0.25, -0.2) is 9.48 Å². The number of benzene rings is 2. The number of carbonyl (C=O) groups is 1. The van der Waals surface area contributed by atoms with Crippen molar-refractivity contribution in [3.8, 4) is 11.4 Å². The van der Waals surface area contributed by atoms with Gasteiger partial charge in [0.15, 0.2) is 5.65 Å². The predicted molar refractivity (Wildman–Crippen MR) is 202 cm³/mol. The molecule has 268 valence electrons. The number of nitrogens with zero attached hydrogens (tertiary/aromatic N) is 7. The van der Waals surface area contributed by atoms with Gasteiger partial charge in [0, 0.05) is 30.6 Å². The molecular formula is C40H51N9O2. The number of carbonyl (C=O) groups excluding carboxylic acids is 1. The first-order chi connectivity index (χ1) is 24.5. The number of urea groups is 1. The molecule has 0 radical (unpaired) electrons. The van der Waals surface area contributed by atoms with Crippen molar-refractivity contribution in [1.82, 2.24) is 34.6 Å². The van der Waals surface area contributed by atoms with Gasteiger partial charge < -0.3 is 19.9 Å². The molecule has 2 amide bonds. The Bertz CT molecular complexity index is 1990. The Morgan fingerprint density at radius 2 is 1.78 bits per heavy atom. The van der Waals surface area contributed by atoms with E-state index in [0.717, 1.165) is 85.0 Å². The molecule has 0 saturated carbocycles. The Kier molecular flexibility index (Phi) is 9.74. The summed E-state index contributed by atoms with van der Waals surface area (Å²) in [7, 11) is 4.16. The second kappa shape index (κ2) is 14.4. The summed E-state index contributed by atoms with van der Waals surface area (Å²) in [5.74, 6) is 2.27. The fourth-order valence-electron chi connectivity index (χ4n) is 7.25. The quantitative estimate of drug-likeness (QED) is 0.165. The first-order valence-corrected chi connectivity index (χ1v) is 18.3. The van der Waals surface area contributed by atoms with Crippen LogP contribution in [0.5, 0.6) is 5.75 Å². The minimum absolute atomic E-state index is 0.149. The van der Waals surface area contributed by atoms with Crippen molar-refractivity contribution in [2.24, 2.45) is 0 Å². The SMILES string of the molecule is C[C@H]1CCCCN1c1nnc2ccc(O[C@@H]3CC[C@H](NC(=O)Nc4cc(C(C)(C)C)nn4-c4cccc(CCN(C)C)c4)c4ccccc43)cn12. The average Bonchev–Trinajstić information content (AvgIpc) is 3.73. The molecule has 3 atom stereocenters. The van der Waals surface area contributed by atoms with Crippen LogP contribution in [0.25, 0.3) is 11.3 Å². The van der Waals surface area contributed by atoms with Gasteiger partial charge in [-0.1, -0.05) is 57.2 Å². The molecule has 0 spiro atoms. The third kappa shape index (κ3) is 7.58. The Labute approximate surface area is 301 Å². The maximum atomic E-state index is 13.7. The van der Waals surface area contributed by atoms with E-state index >= 15 is 0 Å². The summed E-state index contributed by atoms with van der Waals surface area (Å²) in [5, 5.41) is 20.3. The zero-order chi connectivity index (χ0) is 35.7. The molecule has 7 rings (SSSR count). The summed E-state index contributed by atoms with van der Waals surface area (Å²) in [6.07, 6.45) is 7.85. The molecule has 5 aromatic rings. The lowest BCUT2D eigenvalue weighted by Crippen LogP contribution is -2.38. The lowest BCUT2D eigenvalue weighted by molar-refractivity contribution is 0.171. The molecule has 1 fully saturated rings. The summed E-state index contributed by atoms with van der Waals surface area (Å²) in [5.41, 5.74) is 5.81. The molecule has 0 unspecified atom stereocenters. The standard InChI is InChI=1S/C40H51N9O2/c1-27-12-9-10-22-47(27)39-44-43-36-20-17-30(26-48(36)39)51-34-19-18-33(31-15-7-8-16-32(31)34)41-38(50)42-37-25-35(40(2,3)4)45-49(37)29-14-11-13-28(24-29)21-23-46(5)6/h7-8,11,13-17,20,24-27,33-34H,9-10,12,18-19,21-23H2,1-6H3,(H2,41,42,50)/t27-,33-,34+/m0/s1. The van der Waals surface area contributed by atoms with E-state index in [1.807, 2.05) is 47.3 Å². The van der Waals surface area contributed by atoms with Crippen molar-refractivity contribution in [1.29, 1.82) is 0 Å². The van der Waals surface area contributed by atoms with E-state index in [1.54, 1.807) is 0 Å². The number of hydrogen-bond donors (Lipinski definition) is 2. The highest BCUT2D eigenvalue weighted by Gasteiger charge is 2.31. The van der Waals surface area contributed by atoms with Gasteiger partial charge in [-0.05, 0) is 100 Å². The Morgan fingerprint density at radius 3 is 2.57 bits per heavy atom. The number of aromatic nitrogens is 5. The van der Waals surface area contributed by atoms with Crippen molar-refractivity contribution in [2.75, 3.05) is 37.4 Å². The van der Waals surface area contributed by atoms with E-state index in [2.05, 4.69) is 107 Å². The summed E-state index contributed by atoms with van der Waals surface area (Å²) in [4.78, 5) is 18.2. The minimum atomic E-state index is -0.267. The highest BCUT2D eigenvalue weighted by molar-refractivity contribution is 5.89. The summed E-state index contributed by atoms with van der Waals surface area (Å²) in [6.45, 7) is 10.6. The highest BCUT2D eigenvalue weighted by Crippen LogP contribution is 2.39. The third-order valence-electron chi connectivity index (χ3n) is 10.2. The first-order valence-electron chi connectivity index (χ1n) is 18.3. The minimum Gasteiger partial charge on any atom is -0.484 e. The number of ether oxygens (including phenoxy) is 1. The number of rotatable bonds is 9. The van der Waals surface area contributed by atoms with Crippen LogP contribution in [0, 0.1) is 0 Å². The predicted octanol–water partition coefficient (Wildman–Crippen LogP) is 7.47. The smallest absolute Gasteiger partial charge is 0.320 e. The maximum absolute atomic E-state index is 13.7. The fourth-order valence-corrected chi connectivity index (χ4v) is 7.25. The van der Waals surface area contributed by atoms with Crippen molar-refractivity contribution < 1.29 is 9.53 Å². The number of hydrogen-bond acceptors (Lipinski definition) is 7. The molecule has 2 N–H and O–H groups in total. The van der Waals surface area contributed by atoms with Gasteiger partial charge in [0.25, 0.3) is 0 Å². The lowest BCUT2D eigenvalue weighted by atomic mass is 9.85. The number of nitrogens with one attached hydrogen (secondary N) is 2. The maximum Gasteiger partial charge on any atom is 0.320 e. The van der Waals surface area contributed by atoms with Crippen LogP contribution in [0.3, 0.4) is 0 Å². The van der Waals surface area contributed by atoms with Crippen LogP contribution in [-0.2, 0) is 11.8 Å². The zero-order valence-corrected chi connectivity index (χ0v) is 30.8. The van der Waals surface area contributed by atoms with Crippen LogP contribution in [0.1, 0.15) is 94.3 Å². The molecule has 11 heteroatoms. The van der Waals surface area contributed by atoms with E-state index in [-0.39, 0.29) is 23.6 Å². The second-order valence-electron chi connectivity index (χ2n) is 15.4. The lowest BCUT2D eigenvalue weighted by Gasteiger charge is -2.33. The number of pyridine rings is 1. The van der Waals surface area contributed by atoms with Gasteiger partial charge in [-0.15, -0.1) is 10.2 Å². The summed E-state index contributed by atoms with van der Waals surface area (Å²) < 4.78 is 10.6. The molecule has 1 aliphatic heterocycles. The Morgan fingerprint density at radius 1 is 0.961 bits per heavy atom. The molecule has 51 heavy (non-hydrogen) atoms. The third-order valence-corrected chi connectivity index (χ3v) is 10.2. The van der Waals surface area contributed by atoms with Gasteiger partial charge in [-0.3, -0.25) is 9.72 Å². The van der Waals surface area contributed by atoms with Gasteiger partial charge in [0.1, 0.15) is 17.7 Å². The van der Waals surface area contributed by atoms with Crippen LogP contribution in [0.4, 0.5) is 16.6 Å². The average molecular weight is 690 g/mol. The van der Waals surface area contributed by atoms with E-state index in [1.165, 1.54) is 12.0 Å². The monoisotopic (exact) mass is 689 g/mol. The number of anilines is 2. The normalized spacial score (nSPS) is 19.3. The van der Waals surface area contributed by atoms with E-state index in [0.29, 0.717) is 11.9 Å². The largest absolute Gasteiger partial charge is 0.484 e. The van der Waals surface area contributed by atoms with Crippen LogP contribution in [0.2, 0.25) is 0 Å². The first kappa shape index (κ1) is 34.5. The van der Waals surface area contributed by atoms with Crippen LogP contribution >= 0.6 is 0 Å². The van der Waals surface area contributed by atoms with Crippen molar-refractivity contribution in [2.45, 2.75) is 89.8 Å². The topological polar surface area (TPSA) is 105 Å². The molecule has 1 aliphatic carbocycles. The van der Waals surface area contributed by atoms with E-state index in [4.69, 9.17) is 9.84 Å². The number of amides is 2. The van der Waals surface area contributed by atoms with E-state index < -0.39 is 0 Å². The van der Waals surface area contributed by atoms with Crippen LogP contribution in [-0.4, -0.2) is 68.5 Å². The van der Waals surface area contributed by atoms with Gasteiger partial charge in [0.05, 0.1) is 23.6 Å². The second-order valence-corrected chi connectivity index (χ2v) is 15.4. The molecule has 2 aromatic carbocycles. The molecular weight excluding hydrogens is 639 g/mol. The van der Waals surface area contributed by atoms with Gasteiger partial charge >= 0.3 is 6.03 Å². The zero-order valence-electron chi connectivity index (χ0n) is 30.8. The summed E-state index contributed by atoms with van der Waals surface area (Å²) >= 11 is 0. The fraction of sp³-hybridized carbons (Fsp3) is 0.450. The van der Waals surface area contributed by atoms with Crippen molar-refractivity contribution in [3.63, 3.8) is 0 Å². The molecule has 11 nitrogen and oxygen atoms in total. The number of likely N-dealkylation sites (N-methyl/N-ethyl adjacent to an activating group) is 1. The summed E-state index contributed by atoms with van der Waals surface area (Å²) in [6, 6.07) is 22.6. The molecule has 3 aromatic heterocycles. The highest BCUT2D eigenvalue weighted by atomic mass is 16.5. The molecule has 0 bridgehead atoms. The molecule has 1 saturated heterocycles. The van der Waals surface area contributed by atoms with Crippen LogP contribution < -0.4 is 20.3 Å². The molecule has 4 heterocycles. The Balaban J connectivity index is 1.08. The Hall–Kier alpha value is -4.90. The molecule has 2 aliphatic rings. The van der Waals surface area contributed by atoms with Crippen LogP contribution in [0.15, 0.2) is 72.9 Å².